The third-order valence-corrected chi connectivity index (χ3v) is 9.90. The lowest BCUT2D eigenvalue weighted by Crippen LogP contribution is -2.30. The molecule has 1 fully saturated rings. The number of aryl methyl sites for hydroxylation is 1. The number of unbranched alkanes of at least 4 members (excludes halogenated alkanes) is 3. The molecule has 0 radical (unpaired) electrons. The van der Waals surface area contributed by atoms with E-state index in [0.29, 0.717) is 94.6 Å². The predicted octanol–water partition coefficient (Wildman–Crippen LogP) is 6.70. The number of nitrogens with one attached hydrogen (secondary N) is 2. The molecule has 13 nitrogen and oxygen atoms in total. The molecule has 7 rings (SSSR count). The molecule has 0 aliphatic carbocycles. The molecule has 2 aliphatic rings. The van der Waals surface area contributed by atoms with E-state index in [0.717, 1.165) is 39.6 Å². The van der Waals surface area contributed by atoms with Crippen LogP contribution in [0.5, 0.6) is 0 Å². The highest BCUT2D eigenvalue weighted by molar-refractivity contribution is 6.01. The maximum Gasteiger partial charge on any atom is 0.322 e. The summed E-state index contributed by atoms with van der Waals surface area (Å²) >= 11 is 0. The van der Waals surface area contributed by atoms with Gasteiger partial charge < -0.3 is 15.5 Å². The van der Waals surface area contributed by atoms with Gasteiger partial charge in [0.15, 0.2) is 0 Å². The molecule has 1 saturated heterocycles. The maximum atomic E-state index is 13.8. The third kappa shape index (κ3) is 9.70. The van der Waals surface area contributed by atoms with Crippen LogP contribution >= 0.6 is 0 Å². The number of anilines is 1. The average Bonchev–Trinajstić information content (AvgIpc) is 3.81. The van der Waals surface area contributed by atoms with Gasteiger partial charge in [0.25, 0.3) is 5.56 Å². The monoisotopic (exact) mass is 756 g/mol. The van der Waals surface area contributed by atoms with E-state index in [9.17, 15) is 24.0 Å². The number of likely N-dealkylation sites (tertiary alicyclic amines) is 1. The number of aromatic nitrogens is 4. The van der Waals surface area contributed by atoms with Crippen LogP contribution in [0.15, 0.2) is 90.1 Å². The molecule has 13 heteroatoms. The van der Waals surface area contributed by atoms with Gasteiger partial charge in [-0.05, 0) is 78.8 Å². The minimum absolute atomic E-state index is 0.0460. The summed E-state index contributed by atoms with van der Waals surface area (Å²) in [6.07, 6.45) is 9.63. The lowest BCUT2D eigenvalue weighted by molar-refractivity contribution is -0.138. The predicted molar refractivity (Wildman–Crippen MR) is 215 cm³/mol. The number of rotatable bonds is 14. The minimum atomic E-state index is -0.221. The number of nitrogens with zero attached hydrogens (tertiary/aromatic N) is 6. The number of hydrogen-bond donors (Lipinski definition) is 2. The fraction of sp³-hybridized carbons (Fsp3) is 0.349. The average molecular weight is 757 g/mol. The van der Waals surface area contributed by atoms with Crippen LogP contribution in [0.25, 0.3) is 33.3 Å². The molecule has 0 spiro atoms. The topological polar surface area (TPSA) is 159 Å². The zero-order valence-electron chi connectivity index (χ0n) is 32.0. The molecule has 0 saturated carbocycles. The SMILES string of the molecule is CC.O=C(CCCCCN1C(=O)CCC1=O)NCCCCn1nc(-c2ccc(NC(=O)N3Cc4ccncc4C3)cc2)cc(-c2ccc3cccnc3c2)c1=O. The second-order valence-corrected chi connectivity index (χ2v) is 13.7. The van der Waals surface area contributed by atoms with E-state index < -0.39 is 0 Å². The molecule has 5 aromatic rings. The Kier molecular flexibility index (Phi) is 13.3. The second-order valence-electron chi connectivity index (χ2n) is 13.7. The van der Waals surface area contributed by atoms with Crippen molar-refractivity contribution in [3.05, 3.63) is 107 Å². The van der Waals surface area contributed by atoms with Crippen molar-refractivity contribution in [3.63, 3.8) is 0 Å². The van der Waals surface area contributed by atoms with E-state index in [2.05, 4.69) is 20.6 Å². The number of amides is 5. The zero-order chi connectivity index (χ0) is 39.4. The van der Waals surface area contributed by atoms with Crippen LogP contribution < -0.4 is 16.2 Å². The lowest BCUT2D eigenvalue weighted by Gasteiger charge is -2.16. The number of imide groups is 1. The van der Waals surface area contributed by atoms with E-state index in [-0.39, 0.29) is 29.3 Å². The van der Waals surface area contributed by atoms with Gasteiger partial charge in [-0.1, -0.05) is 50.6 Å². The standard InChI is InChI=1S/C41H42N8O5.C2H6/c50-37(8-2-1-4-21-48-38(51)15-16-39(48)52)44-18-3-5-22-49-40(53)34(30-10-9-28-7-6-19-43-35(28)23-30)24-36(46-49)29-11-13-33(14-12-29)45-41(54)47-26-31-17-20-42-25-32(31)27-47;1-2/h6-7,9-14,17,19-20,23-25H,1-5,8,15-16,18,21-22,26-27H2,(H,44,50)(H,45,54);1-2H3. The van der Waals surface area contributed by atoms with Crippen LogP contribution in [0.1, 0.15) is 76.3 Å². The highest BCUT2D eigenvalue weighted by Gasteiger charge is 2.28. The summed E-state index contributed by atoms with van der Waals surface area (Å²) < 4.78 is 1.49. The first-order chi connectivity index (χ1) is 27.3. The van der Waals surface area contributed by atoms with Crippen LogP contribution in [0.4, 0.5) is 10.5 Å². The Morgan fingerprint density at radius 1 is 0.768 bits per heavy atom. The number of benzene rings is 2. The van der Waals surface area contributed by atoms with Crippen molar-refractivity contribution in [3.8, 4) is 22.4 Å². The van der Waals surface area contributed by atoms with Gasteiger partial charge in [-0.2, -0.15) is 5.10 Å². The van der Waals surface area contributed by atoms with Crippen molar-refractivity contribution in [2.75, 3.05) is 18.4 Å². The van der Waals surface area contributed by atoms with Crippen LogP contribution in [-0.4, -0.2) is 66.4 Å². The summed E-state index contributed by atoms with van der Waals surface area (Å²) in [6, 6.07) is 20.6. The van der Waals surface area contributed by atoms with Gasteiger partial charge in [-0.15, -0.1) is 0 Å². The first-order valence-corrected chi connectivity index (χ1v) is 19.5. The second kappa shape index (κ2) is 18.9. The molecule has 2 N–H and O–H groups in total. The van der Waals surface area contributed by atoms with E-state index >= 15 is 0 Å². The van der Waals surface area contributed by atoms with Crippen molar-refractivity contribution in [2.24, 2.45) is 0 Å². The summed E-state index contributed by atoms with van der Waals surface area (Å²) in [6.45, 7) is 6.29. The molecule has 3 aromatic heterocycles. The first kappa shape index (κ1) is 39.5. The van der Waals surface area contributed by atoms with Crippen LogP contribution in [-0.2, 0) is 34.0 Å². The Bertz CT molecular complexity index is 2210. The Morgan fingerprint density at radius 3 is 2.30 bits per heavy atom. The molecule has 56 heavy (non-hydrogen) atoms. The largest absolute Gasteiger partial charge is 0.356 e. The number of carbonyl (C=O) groups excluding carboxylic acids is 4. The van der Waals surface area contributed by atoms with Gasteiger partial charge in [0.2, 0.25) is 17.7 Å². The fourth-order valence-corrected chi connectivity index (χ4v) is 6.87. The molecule has 290 valence electrons. The number of urea groups is 1. The first-order valence-electron chi connectivity index (χ1n) is 19.5. The Morgan fingerprint density at radius 2 is 1.52 bits per heavy atom. The normalized spacial score (nSPS) is 13.4. The Labute approximate surface area is 326 Å². The van der Waals surface area contributed by atoms with Crippen LogP contribution in [0.2, 0.25) is 0 Å². The van der Waals surface area contributed by atoms with Crippen molar-refractivity contribution in [1.82, 2.24) is 34.9 Å². The van der Waals surface area contributed by atoms with Crippen molar-refractivity contribution in [2.45, 2.75) is 84.8 Å². The van der Waals surface area contributed by atoms with Gasteiger partial charge in [0.1, 0.15) is 0 Å². The van der Waals surface area contributed by atoms with E-state index in [4.69, 9.17) is 5.10 Å². The highest BCUT2D eigenvalue weighted by atomic mass is 16.2. The van der Waals surface area contributed by atoms with Crippen LogP contribution in [0, 0.1) is 0 Å². The van der Waals surface area contributed by atoms with E-state index in [1.165, 1.54) is 9.58 Å². The summed E-state index contributed by atoms with van der Waals surface area (Å²) in [7, 11) is 0. The number of hydrogen-bond acceptors (Lipinski definition) is 8. The van der Waals surface area contributed by atoms with Gasteiger partial charge in [-0.3, -0.25) is 34.0 Å². The molecular weight excluding hydrogens is 709 g/mol. The van der Waals surface area contributed by atoms with Gasteiger partial charge >= 0.3 is 6.03 Å². The van der Waals surface area contributed by atoms with Gasteiger partial charge in [0, 0.05) is 87.2 Å². The Balaban J connectivity index is 0.00000262. The maximum absolute atomic E-state index is 13.8. The van der Waals surface area contributed by atoms with Crippen molar-refractivity contribution in [1.29, 1.82) is 0 Å². The molecule has 2 aromatic carbocycles. The number of fused-ring (bicyclic) bond motifs is 2. The summed E-state index contributed by atoms with van der Waals surface area (Å²) in [5.41, 5.74) is 5.97. The zero-order valence-corrected chi connectivity index (χ0v) is 32.0. The minimum Gasteiger partial charge on any atom is -0.356 e. The van der Waals surface area contributed by atoms with Crippen molar-refractivity contribution < 1.29 is 19.2 Å². The molecule has 2 aliphatic heterocycles. The van der Waals surface area contributed by atoms with Gasteiger partial charge in [0.05, 0.1) is 16.8 Å². The molecule has 0 bridgehead atoms. The molecule has 5 heterocycles. The third-order valence-electron chi connectivity index (χ3n) is 9.90. The van der Waals surface area contributed by atoms with E-state index in [1.54, 1.807) is 29.6 Å². The molecule has 0 unspecified atom stereocenters. The summed E-state index contributed by atoms with van der Waals surface area (Å²) in [5, 5.41) is 11.7. The number of pyridine rings is 2. The lowest BCUT2D eigenvalue weighted by atomic mass is 10.0. The summed E-state index contributed by atoms with van der Waals surface area (Å²) in [4.78, 5) is 74.5. The van der Waals surface area contributed by atoms with Crippen molar-refractivity contribution >= 4 is 40.3 Å². The number of carbonyl (C=O) groups is 4. The molecule has 0 atom stereocenters. The quantitative estimate of drug-likeness (QED) is 0.0936. The Hall–Kier alpha value is -6.24. The highest BCUT2D eigenvalue weighted by Crippen LogP contribution is 2.27. The molecule has 5 amide bonds. The summed E-state index contributed by atoms with van der Waals surface area (Å²) in [5.74, 6) is -0.262. The van der Waals surface area contributed by atoms with Crippen LogP contribution in [0.3, 0.4) is 0 Å². The smallest absolute Gasteiger partial charge is 0.322 e. The molecular formula is C43H48N8O5. The van der Waals surface area contributed by atoms with E-state index in [1.807, 2.05) is 74.5 Å². The fourth-order valence-electron chi connectivity index (χ4n) is 6.87. The van der Waals surface area contributed by atoms with Gasteiger partial charge in [-0.25, -0.2) is 9.48 Å².